The molecule has 5 aromatic carbocycles. The molecule has 0 aliphatic rings. The first kappa shape index (κ1) is 45.5. The van der Waals surface area contributed by atoms with Gasteiger partial charge in [-0.05, 0) is 6.07 Å². The van der Waals surface area contributed by atoms with Gasteiger partial charge in [-0.3, -0.25) is 0 Å². The van der Waals surface area contributed by atoms with Crippen molar-refractivity contribution < 1.29 is 102 Å². The first-order chi connectivity index (χ1) is 28.5. The Morgan fingerprint density at radius 1 is 0.377 bits per heavy atom. The van der Waals surface area contributed by atoms with Crippen LogP contribution in [0.4, 0.5) is 87.8 Å². The van der Waals surface area contributed by atoms with Crippen LogP contribution in [0.25, 0.3) is 0 Å². The molecule has 0 spiro atoms. The zero-order valence-corrected chi connectivity index (χ0v) is 28.8. The van der Waals surface area contributed by atoms with Crippen molar-refractivity contribution >= 4 is 34.0 Å². The topological polar surface area (TPSA) is 41.2 Å². The van der Waals surface area contributed by atoms with Gasteiger partial charge < -0.3 is 5.11 Å². The second-order valence-electron chi connectivity index (χ2n) is 12.3. The number of hydrogen-bond donors (Lipinski definition) is 1. The van der Waals surface area contributed by atoms with Gasteiger partial charge in [0.1, 0.15) is 52.7 Å². The number of nitrogens with zero attached hydrogens (tertiary/aromatic N) is 1. The molecule has 24 heteroatoms. The summed E-state index contributed by atoms with van der Waals surface area (Å²) in [4.78, 5) is 11.0. The van der Waals surface area contributed by atoms with Crippen molar-refractivity contribution in [2.24, 2.45) is 0 Å². The highest BCUT2D eigenvalue weighted by Gasteiger charge is 2.52. The van der Waals surface area contributed by atoms with Gasteiger partial charge in [-0.15, -0.1) is 21.9 Å². The van der Waals surface area contributed by atoms with Gasteiger partial charge in [0.2, 0.25) is 0 Å². The average molecular weight is 893 g/mol. The SMILES string of the molecule is Fc1c(F)c(F)c([B-](c2c(F)c(F)c(F)c(F)c2F)(c2c(F)c(F)c(F)c(F)c2F)c2c(F)c(F)c(F)c(F)c2F)c(F)c1F.O=C(O)c1cccc[n+]1Cc1ccccc1. The molecule has 6 aromatic rings. The minimum absolute atomic E-state index is 0.298. The van der Waals surface area contributed by atoms with Crippen molar-refractivity contribution in [2.75, 3.05) is 0 Å². The second-order valence-corrected chi connectivity index (χ2v) is 12.3. The summed E-state index contributed by atoms with van der Waals surface area (Å²) in [6, 6.07) is 14.9. The molecule has 0 radical (unpaired) electrons. The van der Waals surface area contributed by atoms with Crippen molar-refractivity contribution in [3.05, 3.63) is 182 Å². The van der Waals surface area contributed by atoms with Crippen LogP contribution in [0.3, 0.4) is 0 Å². The van der Waals surface area contributed by atoms with Crippen LogP contribution in [0, 0.1) is 116 Å². The molecular weight excluding hydrogens is 881 g/mol. The third-order valence-electron chi connectivity index (χ3n) is 9.06. The summed E-state index contributed by atoms with van der Waals surface area (Å²) in [5, 5.41) is 9.02. The van der Waals surface area contributed by atoms with E-state index in [0.29, 0.717) is 12.2 Å². The standard InChI is InChI=1S/C24BF20.C13H11NO2/c26-5-1(6(27)14(35)21(42)13(5)34)25(2-7(28)15(36)22(43)16(37)8(2)29,3-9(30)17(38)23(44)18(39)10(3)31)4-11(32)19(40)24(45)20(41)12(4)33;15-13(16)12-8-4-5-9-14(12)10-11-6-2-1-3-7-11/h;1-9H,10H2/q-1;/p+1. The molecule has 0 saturated carbocycles. The van der Waals surface area contributed by atoms with E-state index in [9.17, 15) is 57.5 Å². The van der Waals surface area contributed by atoms with Gasteiger partial charge in [0.05, 0.1) is 0 Å². The smallest absolute Gasteiger partial charge is 0.401 e. The lowest BCUT2D eigenvalue weighted by Gasteiger charge is -2.44. The number of carboxylic acid groups (broad SMARTS) is 1. The maximum atomic E-state index is 15.4. The third kappa shape index (κ3) is 7.15. The number of aromatic carboxylic acids is 1. The van der Waals surface area contributed by atoms with E-state index in [1.165, 1.54) is 0 Å². The zero-order chi connectivity index (χ0) is 45.7. The molecule has 61 heavy (non-hydrogen) atoms. The van der Waals surface area contributed by atoms with E-state index >= 15 is 35.1 Å². The number of halogens is 20. The molecule has 0 atom stereocenters. The molecular formula is C37H12BF20NO2. The van der Waals surface area contributed by atoms with Crippen molar-refractivity contribution in [3.63, 3.8) is 0 Å². The summed E-state index contributed by atoms with van der Waals surface area (Å²) in [5.41, 5.74) is -12.9. The molecule has 1 heterocycles. The van der Waals surface area contributed by atoms with E-state index in [0.717, 1.165) is 5.56 Å². The minimum atomic E-state index is -7.22. The Balaban J connectivity index is 0.000000366. The molecule has 1 aromatic heterocycles. The Kier molecular flexibility index (Phi) is 12.5. The quantitative estimate of drug-likeness (QED) is 0.0592. The second kappa shape index (κ2) is 16.8. The van der Waals surface area contributed by atoms with Gasteiger partial charge in [-0.1, -0.05) is 30.3 Å². The first-order valence-electron chi connectivity index (χ1n) is 16.0. The van der Waals surface area contributed by atoms with Crippen LogP contribution in [0.5, 0.6) is 0 Å². The molecule has 0 unspecified atom stereocenters. The van der Waals surface area contributed by atoms with Crippen LogP contribution in [-0.2, 0) is 6.54 Å². The number of rotatable bonds is 7. The van der Waals surface area contributed by atoms with Crippen molar-refractivity contribution in [2.45, 2.75) is 6.54 Å². The van der Waals surface area contributed by atoms with E-state index in [1.54, 1.807) is 22.9 Å². The summed E-state index contributed by atoms with van der Waals surface area (Å²) >= 11 is 0. The van der Waals surface area contributed by atoms with Gasteiger partial charge in [-0.25, -0.2) is 92.6 Å². The number of carboxylic acids is 1. The van der Waals surface area contributed by atoms with Crippen LogP contribution in [-0.4, -0.2) is 17.2 Å². The molecule has 0 aliphatic carbocycles. The summed E-state index contributed by atoms with van der Waals surface area (Å²) in [7, 11) is 0. The fourth-order valence-corrected chi connectivity index (χ4v) is 6.46. The minimum Gasteiger partial charge on any atom is -0.473 e. The normalized spacial score (nSPS) is 11.5. The van der Waals surface area contributed by atoms with E-state index < -0.39 is 150 Å². The van der Waals surface area contributed by atoms with E-state index in [4.69, 9.17) is 5.11 Å². The Hall–Kier alpha value is -6.62. The van der Waals surface area contributed by atoms with Gasteiger partial charge >= 0.3 is 5.97 Å². The molecule has 0 amide bonds. The highest BCUT2D eigenvalue weighted by Crippen LogP contribution is 2.30. The molecule has 3 nitrogen and oxygen atoms in total. The average Bonchev–Trinajstić information content (AvgIpc) is 3.24. The fraction of sp³-hybridized carbons (Fsp3) is 0.0270. The molecule has 6 rings (SSSR count). The van der Waals surface area contributed by atoms with E-state index in [-0.39, 0.29) is 0 Å². The number of aromatic nitrogens is 1. The Morgan fingerprint density at radius 3 is 0.885 bits per heavy atom. The molecule has 0 saturated heterocycles. The maximum absolute atomic E-state index is 15.4. The Labute approximate surface area is 325 Å². The highest BCUT2D eigenvalue weighted by molar-refractivity contribution is 7.20. The summed E-state index contributed by atoms with van der Waals surface area (Å²) < 4.78 is 296. The largest absolute Gasteiger partial charge is 0.473 e. The maximum Gasteiger partial charge on any atom is 0.401 e. The predicted molar refractivity (Wildman–Crippen MR) is 168 cm³/mol. The first-order valence-corrected chi connectivity index (χ1v) is 16.0. The number of pyridine rings is 1. The van der Waals surface area contributed by atoms with Crippen LogP contribution in [0.1, 0.15) is 16.1 Å². The van der Waals surface area contributed by atoms with Gasteiger partial charge in [0.15, 0.2) is 82.5 Å². The molecule has 0 fully saturated rings. The summed E-state index contributed by atoms with van der Waals surface area (Å²) in [5.74, 6) is -72.3. The number of hydrogen-bond acceptors (Lipinski definition) is 1. The lowest BCUT2D eigenvalue weighted by Crippen LogP contribution is -2.81. The van der Waals surface area contributed by atoms with E-state index in [1.807, 2.05) is 36.4 Å². The van der Waals surface area contributed by atoms with Crippen molar-refractivity contribution in [3.8, 4) is 0 Å². The number of benzene rings is 5. The van der Waals surface area contributed by atoms with Crippen molar-refractivity contribution in [1.29, 1.82) is 0 Å². The third-order valence-corrected chi connectivity index (χ3v) is 9.06. The summed E-state index contributed by atoms with van der Waals surface area (Å²) in [6.07, 6.45) is -5.44. The van der Waals surface area contributed by atoms with Gasteiger partial charge in [0, 0.05) is 17.7 Å². The van der Waals surface area contributed by atoms with Crippen molar-refractivity contribution in [1.82, 2.24) is 0 Å². The van der Waals surface area contributed by atoms with Gasteiger partial charge in [-0.2, -0.15) is 4.57 Å². The monoisotopic (exact) mass is 893 g/mol. The van der Waals surface area contributed by atoms with Crippen LogP contribution in [0.15, 0.2) is 54.7 Å². The summed E-state index contributed by atoms with van der Waals surface area (Å²) in [6.45, 7) is 0.573. The van der Waals surface area contributed by atoms with Crippen LogP contribution < -0.4 is 26.4 Å². The van der Waals surface area contributed by atoms with Gasteiger partial charge in [0.25, 0.3) is 5.69 Å². The molecule has 1 N–H and O–H groups in total. The molecule has 0 aliphatic heterocycles. The molecule has 0 bridgehead atoms. The van der Waals surface area contributed by atoms with Crippen LogP contribution in [0.2, 0.25) is 0 Å². The highest BCUT2D eigenvalue weighted by atomic mass is 19.2. The lowest BCUT2D eigenvalue weighted by atomic mass is 9.12. The number of carbonyl (C=O) groups is 1. The van der Waals surface area contributed by atoms with E-state index in [2.05, 4.69) is 0 Å². The Bertz CT molecular complexity index is 2390. The fourth-order valence-electron chi connectivity index (χ4n) is 6.46. The predicted octanol–water partition coefficient (Wildman–Crippen LogP) is 7.57. The molecule has 320 valence electrons. The lowest BCUT2D eigenvalue weighted by molar-refractivity contribution is -0.690. The zero-order valence-electron chi connectivity index (χ0n) is 28.8. The van der Waals surface area contributed by atoms with Crippen LogP contribution >= 0.6 is 0 Å². The Morgan fingerprint density at radius 2 is 0.623 bits per heavy atom.